The predicted octanol–water partition coefficient (Wildman–Crippen LogP) is 4.57. The molecule has 3 heterocycles. The third-order valence-corrected chi connectivity index (χ3v) is 8.26. The average molecular weight is 606 g/mol. The van der Waals surface area contributed by atoms with E-state index in [0.29, 0.717) is 40.9 Å². The number of amides is 2. The maximum atomic E-state index is 13.6. The molecule has 1 atom stereocenters. The number of carbonyl (C=O) groups excluding carboxylic acids is 2. The van der Waals surface area contributed by atoms with Gasteiger partial charge in [-0.15, -0.1) is 0 Å². The molecule has 234 valence electrons. The molecular formula is C33H40FN5O5. The quantitative estimate of drug-likeness (QED) is 0.329. The number of anilines is 1. The Morgan fingerprint density at radius 1 is 1.09 bits per heavy atom. The minimum atomic E-state index is -1.05. The van der Waals surface area contributed by atoms with Gasteiger partial charge in [0, 0.05) is 31.9 Å². The highest BCUT2D eigenvalue weighted by Crippen LogP contribution is 2.33. The summed E-state index contributed by atoms with van der Waals surface area (Å²) in [5.41, 5.74) is 1.77. The molecule has 2 N–H and O–H groups in total. The van der Waals surface area contributed by atoms with Gasteiger partial charge < -0.3 is 29.6 Å². The first kappa shape index (κ1) is 31.2. The number of likely N-dealkylation sites (tertiary alicyclic amines) is 1. The first-order valence-corrected chi connectivity index (χ1v) is 15.1. The van der Waals surface area contributed by atoms with Gasteiger partial charge in [0.05, 0.1) is 31.9 Å². The van der Waals surface area contributed by atoms with Gasteiger partial charge in [0.25, 0.3) is 17.4 Å². The summed E-state index contributed by atoms with van der Waals surface area (Å²) in [6.45, 7) is 6.44. The number of benzene rings is 1. The van der Waals surface area contributed by atoms with Crippen LogP contribution in [0.4, 0.5) is 10.2 Å². The highest BCUT2D eigenvalue weighted by molar-refractivity contribution is 6.05. The van der Waals surface area contributed by atoms with Crippen LogP contribution in [0.3, 0.4) is 0 Å². The van der Waals surface area contributed by atoms with Crippen LogP contribution in [0.5, 0.6) is 11.6 Å². The number of carbonyl (C=O) groups is 2. The number of methoxy groups -OCH3 is 1. The summed E-state index contributed by atoms with van der Waals surface area (Å²) in [6.07, 6.45) is 4.15. The van der Waals surface area contributed by atoms with Crippen LogP contribution < -0.4 is 25.7 Å². The molecule has 10 nitrogen and oxygen atoms in total. The van der Waals surface area contributed by atoms with Gasteiger partial charge in [-0.1, -0.05) is 6.42 Å². The normalized spacial score (nSPS) is 15.8. The molecule has 5 rings (SSSR count). The lowest BCUT2D eigenvalue weighted by Gasteiger charge is -2.34. The molecule has 1 aliphatic heterocycles. The zero-order valence-corrected chi connectivity index (χ0v) is 25.9. The van der Waals surface area contributed by atoms with Crippen molar-refractivity contribution in [1.29, 1.82) is 0 Å². The second-order valence-electron chi connectivity index (χ2n) is 12.0. The van der Waals surface area contributed by atoms with Gasteiger partial charge in [-0.3, -0.25) is 14.4 Å². The summed E-state index contributed by atoms with van der Waals surface area (Å²) < 4.78 is 26.2. The van der Waals surface area contributed by atoms with Crippen molar-refractivity contribution in [1.82, 2.24) is 19.8 Å². The van der Waals surface area contributed by atoms with Crippen LogP contribution >= 0.6 is 0 Å². The zero-order valence-electron chi connectivity index (χ0n) is 25.9. The van der Waals surface area contributed by atoms with Crippen LogP contribution in [-0.2, 0) is 13.6 Å². The van der Waals surface area contributed by atoms with Crippen molar-refractivity contribution in [3.63, 3.8) is 0 Å². The molecule has 11 heteroatoms. The van der Waals surface area contributed by atoms with Crippen molar-refractivity contribution >= 4 is 17.6 Å². The Hall–Kier alpha value is -4.25. The predicted molar refractivity (Wildman–Crippen MR) is 166 cm³/mol. The van der Waals surface area contributed by atoms with E-state index in [-0.39, 0.29) is 42.4 Å². The van der Waals surface area contributed by atoms with Gasteiger partial charge in [0.15, 0.2) is 0 Å². The number of pyridine rings is 2. The number of aryl methyl sites for hydroxylation is 1. The van der Waals surface area contributed by atoms with Crippen LogP contribution in [0.25, 0.3) is 11.1 Å². The third-order valence-electron chi connectivity index (χ3n) is 8.26. The fourth-order valence-electron chi connectivity index (χ4n) is 5.48. The molecular weight excluding hydrogens is 565 g/mol. The maximum Gasteiger partial charge on any atom is 0.263 e. The summed E-state index contributed by atoms with van der Waals surface area (Å²) in [6, 6.07) is 10.3. The fourth-order valence-corrected chi connectivity index (χ4v) is 5.48. The number of aromatic nitrogens is 2. The second-order valence-corrected chi connectivity index (χ2v) is 12.0. The highest BCUT2D eigenvalue weighted by Gasteiger charge is 2.32. The van der Waals surface area contributed by atoms with Gasteiger partial charge in [-0.05, 0) is 86.6 Å². The molecule has 1 aliphatic carbocycles. The van der Waals surface area contributed by atoms with Crippen molar-refractivity contribution in [2.24, 2.45) is 13.0 Å². The van der Waals surface area contributed by atoms with E-state index in [4.69, 9.17) is 9.47 Å². The molecule has 1 aromatic carbocycles. The second kappa shape index (κ2) is 13.2. The van der Waals surface area contributed by atoms with Crippen LogP contribution in [0.2, 0.25) is 0 Å². The third kappa shape index (κ3) is 6.93. The summed E-state index contributed by atoms with van der Waals surface area (Å²) in [5, 5.41) is 6.29. The zero-order chi connectivity index (χ0) is 31.5. The van der Waals surface area contributed by atoms with Gasteiger partial charge in [0.2, 0.25) is 5.88 Å². The lowest BCUT2D eigenvalue weighted by molar-refractivity contribution is 0.0400. The fraction of sp³-hybridized carbons (Fsp3) is 0.455. The molecule has 1 saturated heterocycles. The van der Waals surface area contributed by atoms with Crippen molar-refractivity contribution < 1.29 is 23.5 Å². The molecule has 2 aliphatic rings. The Morgan fingerprint density at radius 2 is 1.84 bits per heavy atom. The monoisotopic (exact) mass is 605 g/mol. The van der Waals surface area contributed by atoms with Crippen molar-refractivity contribution in [3.05, 3.63) is 69.6 Å². The first-order chi connectivity index (χ1) is 21.0. The smallest absolute Gasteiger partial charge is 0.263 e. The Morgan fingerprint density at radius 3 is 2.48 bits per heavy atom. The number of hydrogen-bond donors (Lipinski definition) is 2. The molecule has 2 amide bonds. The average Bonchev–Trinajstić information content (AvgIpc) is 2.93. The topological polar surface area (TPSA) is 115 Å². The Bertz CT molecular complexity index is 1600. The molecule has 0 unspecified atom stereocenters. The lowest BCUT2D eigenvalue weighted by Crippen LogP contribution is -2.51. The molecule has 2 fully saturated rings. The number of halogens is 1. The number of alkyl halides is 1. The molecule has 0 radical (unpaired) electrons. The van der Waals surface area contributed by atoms with E-state index in [1.807, 2.05) is 13.8 Å². The van der Waals surface area contributed by atoms with E-state index < -0.39 is 17.6 Å². The van der Waals surface area contributed by atoms with Crippen LogP contribution in [-0.4, -0.2) is 64.8 Å². The minimum Gasteiger partial charge on any atom is -0.497 e. The lowest BCUT2D eigenvalue weighted by atomic mass is 9.80. The van der Waals surface area contributed by atoms with E-state index in [1.165, 1.54) is 35.8 Å². The van der Waals surface area contributed by atoms with E-state index >= 15 is 0 Å². The summed E-state index contributed by atoms with van der Waals surface area (Å²) >= 11 is 0. The number of nitrogens with zero attached hydrogens (tertiary/aromatic N) is 3. The SMILES string of the molecule is COc1ccc(-c2cc(NC(=O)c3cc(CN[C@@H](C)C4CCC4)cn(C)c3=O)nc(OC(C)C)c2)c(C(=O)N2CC(F)C2)c1. The first-order valence-electron chi connectivity index (χ1n) is 15.1. The van der Waals surface area contributed by atoms with Crippen molar-refractivity contribution in [2.45, 2.75) is 64.9 Å². The minimum absolute atomic E-state index is 0.0134. The molecule has 0 bridgehead atoms. The van der Waals surface area contributed by atoms with Gasteiger partial charge >= 0.3 is 0 Å². The molecule has 44 heavy (non-hydrogen) atoms. The standard InChI is InChI=1S/C33H40FN5O5/c1-19(2)44-30-13-23(26-10-9-25(43-5)14-27(26)33(42)39-17-24(34)18-39)12-29(36-30)37-31(40)28-11-21(16-38(4)32(28)41)15-35-20(3)22-7-6-8-22/h9-14,16,19-20,22,24,35H,6-8,15,17-18H2,1-5H3,(H,36,37,40)/t20-/m0/s1. The van der Waals surface area contributed by atoms with Crippen LogP contribution in [0.1, 0.15) is 66.3 Å². The largest absolute Gasteiger partial charge is 0.497 e. The highest BCUT2D eigenvalue weighted by atomic mass is 19.1. The number of hydrogen-bond acceptors (Lipinski definition) is 7. The van der Waals surface area contributed by atoms with Gasteiger partial charge in [-0.2, -0.15) is 4.98 Å². The molecule has 2 aromatic heterocycles. The molecule has 0 spiro atoms. The van der Waals surface area contributed by atoms with E-state index in [1.54, 1.807) is 49.6 Å². The number of nitrogens with one attached hydrogen (secondary N) is 2. The van der Waals surface area contributed by atoms with E-state index in [9.17, 15) is 18.8 Å². The van der Waals surface area contributed by atoms with Crippen molar-refractivity contribution in [3.8, 4) is 22.8 Å². The van der Waals surface area contributed by atoms with Crippen LogP contribution in [0, 0.1) is 5.92 Å². The number of rotatable bonds is 11. The number of ether oxygens (including phenoxy) is 2. The Kier molecular flexibility index (Phi) is 9.33. The summed E-state index contributed by atoms with van der Waals surface area (Å²) in [5.74, 6) is 0.559. The molecule has 1 saturated carbocycles. The summed E-state index contributed by atoms with van der Waals surface area (Å²) in [4.78, 5) is 45.8. The van der Waals surface area contributed by atoms with Gasteiger partial charge in [-0.25, -0.2) is 4.39 Å². The Labute approximate surface area is 256 Å². The summed E-state index contributed by atoms with van der Waals surface area (Å²) in [7, 11) is 3.13. The van der Waals surface area contributed by atoms with E-state index in [0.717, 1.165) is 5.56 Å². The maximum absolute atomic E-state index is 13.6. The van der Waals surface area contributed by atoms with E-state index in [2.05, 4.69) is 22.5 Å². The Balaban J connectivity index is 1.45. The van der Waals surface area contributed by atoms with Crippen LogP contribution in [0.15, 0.2) is 47.4 Å². The molecule has 3 aromatic rings. The van der Waals surface area contributed by atoms with Gasteiger partial charge in [0.1, 0.15) is 23.3 Å². The van der Waals surface area contributed by atoms with Crippen molar-refractivity contribution in [2.75, 3.05) is 25.5 Å².